The van der Waals surface area contributed by atoms with E-state index < -0.39 is 0 Å². The number of rotatable bonds is 8. The van der Waals surface area contributed by atoms with Crippen LogP contribution in [0.4, 0.5) is 0 Å². The lowest BCUT2D eigenvalue weighted by Crippen LogP contribution is -2.56. The van der Waals surface area contributed by atoms with E-state index in [-0.39, 0.29) is 11.6 Å². The van der Waals surface area contributed by atoms with Gasteiger partial charge >= 0.3 is 5.97 Å². The van der Waals surface area contributed by atoms with Crippen LogP contribution in [0.2, 0.25) is 0 Å². The Bertz CT molecular complexity index is 293. The molecule has 0 aromatic carbocycles. The van der Waals surface area contributed by atoms with E-state index in [2.05, 4.69) is 6.92 Å². The van der Waals surface area contributed by atoms with Gasteiger partial charge in [-0.15, -0.1) is 0 Å². The van der Waals surface area contributed by atoms with Crippen molar-refractivity contribution in [1.29, 1.82) is 0 Å². The number of esters is 1. The van der Waals surface area contributed by atoms with Crippen molar-refractivity contribution in [2.75, 3.05) is 33.0 Å². The van der Waals surface area contributed by atoms with E-state index in [1.54, 1.807) is 0 Å². The number of fused-ring (bicyclic) bond motifs is 2. The average Bonchev–Trinajstić information content (AvgIpc) is 2.32. The van der Waals surface area contributed by atoms with Crippen LogP contribution >= 0.6 is 0 Å². The quantitative estimate of drug-likeness (QED) is 0.495. The lowest BCUT2D eigenvalue weighted by atomic mass is 9.72. The summed E-state index contributed by atoms with van der Waals surface area (Å²) in [7, 11) is 0. The number of hydrogen-bond donors (Lipinski definition) is 0. The standard InChI is InChI=1S/C14H24O5/c1-11(15)18-8-7-16-5-6-17-10-12-3-4-14(2)9-13(12)19-14/h12-13H,3-10H2,1-2H3. The van der Waals surface area contributed by atoms with Gasteiger partial charge in [-0.2, -0.15) is 0 Å². The number of carbonyl (C=O) groups excluding carboxylic acids is 1. The van der Waals surface area contributed by atoms with Crippen molar-refractivity contribution in [3.8, 4) is 0 Å². The molecule has 5 heteroatoms. The van der Waals surface area contributed by atoms with Crippen LogP contribution in [0.5, 0.6) is 0 Å². The fourth-order valence-electron chi connectivity index (χ4n) is 2.77. The Morgan fingerprint density at radius 2 is 1.95 bits per heavy atom. The maximum atomic E-state index is 10.5. The van der Waals surface area contributed by atoms with E-state index in [4.69, 9.17) is 18.9 Å². The maximum absolute atomic E-state index is 10.5. The van der Waals surface area contributed by atoms with E-state index in [9.17, 15) is 4.79 Å². The highest BCUT2D eigenvalue weighted by Crippen LogP contribution is 2.46. The number of hydrogen-bond acceptors (Lipinski definition) is 5. The largest absolute Gasteiger partial charge is 0.463 e. The summed E-state index contributed by atoms with van der Waals surface area (Å²) in [5.74, 6) is 0.271. The van der Waals surface area contributed by atoms with Crippen molar-refractivity contribution < 1.29 is 23.7 Å². The first-order chi connectivity index (χ1) is 9.09. The minimum atomic E-state index is -0.273. The molecule has 0 N–H and O–H groups in total. The van der Waals surface area contributed by atoms with Gasteiger partial charge in [0.25, 0.3) is 0 Å². The van der Waals surface area contributed by atoms with Gasteiger partial charge in [-0.05, 0) is 19.8 Å². The molecule has 2 saturated heterocycles. The molecule has 110 valence electrons. The summed E-state index contributed by atoms with van der Waals surface area (Å²) < 4.78 is 21.5. The van der Waals surface area contributed by atoms with Gasteiger partial charge in [0, 0.05) is 19.3 Å². The second-order valence-corrected chi connectivity index (χ2v) is 5.64. The third-order valence-corrected chi connectivity index (χ3v) is 3.88. The van der Waals surface area contributed by atoms with Crippen LogP contribution < -0.4 is 0 Å². The molecule has 0 amide bonds. The monoisotopic (exact) mass is 272 g/mol. The zero-order valence-corrected chi connectivity index (χ0v) is 11.9. The molecular formula is C14H24O5. The van der Waals surface area contributed by atoms with Gasteiger partial charge in [0.15, 0.2) is 0 Å². The Labute approximate surface area is 114 Å². The van der Waals surface area contributed by atoms with E-state index >= 15 is 0 Å². The lowest BCUT2D eigenvalue weighted by Gasteiger charge is -2.54. The smallest absolute Gasteiger partial charge is 0.302 e. The van der Waals surface area contributed by atoms with Crippen LogP contribution in [0.25, 0.3) is 0 Å². The van der Waals surface area contributed by atoms with Gasteiger partial charge in [0.2, 0.25) is 0 Å². The molecule has 1 aliphatic carbocycles. The SMILES string of the molecule is CC(=O)OCCOCCOCC1CCC2(C)CC1O2. The van der Waals surface area contributed by atoms with Crippen molar-refractivity contribution in [3.63, 3.8) is 0 Å². The highest BCUT2D eigenvalue weighted by Gasteiger charge is 2.49. The molecule has 3 fully saturated rings. The summed E-state index contributed by atoms with van der Waals surface area (Å²) in [5, 5.41) is 0. The predicted octanol–water partition coefficient (Wildman–Crippen LogP) is 1.54. The normalized spacial score (nSPS) is 32.7. The molecular weight excluding hydrogens is 248 g/mol. The minimum absolute atomic E-state index is 0.168. The van der Waals surface area contributed by atoms with Gasteiger partial charge < -0.3 is 18.9 Å². The first-order valence-corrected chi connectivity index (χ1v) is 7.06. The summed E-state index contributed by atoms with van der Waals surface area (Å²) in [6.45, 7) is 6.20. The second-order valence-electron chi connectivity index (χ2n) is 5.64. The van der Waals surface area contributed by atoms with Crippen LogP contribution in [-0.4, -0.2) is 50.7 Å². The first-order valence-electron chi connectivity index (χ1n) is 7.06. The Morgan fingerprint density at radius 1 is 1.26 bits per heavy atom. The Balaban J connectivity index is 1.41. The third kappa shape index (κ3) is 4.44. The van der Waals surface area contributed by atoms with Crippen LogP contribution in [0.15, 0.2) is 0 Å². The average molecular weight is 272 g/mol. The van der Waals surface area contributed by atoms with Crippen LogP contribution in [0, 0.1) is 5.92 Å². The molecule has 3 aliphatic rings. The van der Waals surface area contributed by atoms with Crippen molar-refractivity contribution in [2.24, 2.45) is 5.92 Å². The predicted molar refractivity (Wildman–Crippen MR) is 68.9 cm³/mol. The molecule has 5 nitrogen and oxygen atoms in total. The molecule has 0 radical (unpaired) electrons. The van der Waals surface area contributed by atoms with Crippen LogP contribution in [0.1, 0.15) is 33.1 Å². The van der Waals surface area contributed by atoms with Crippen LogP contribution in [0.3, 0.4) is 0 Å². The van der Waals surface area contributed by atoms with Gasteiger partial charge in [-0.1, -0.05) is 0 Å². The summed E-state index contributed by atoms with van der Waals surface area (Å²) in [5.41, 5.74) is 0.168. The minimum Gasteiger partial charge on any atom is -0.463 e. The molecule has 1 saturated carbocycles. The summed E-state index contributed by atoms with van der Waals surface area (Å²) >= 11 is 0. The van der Waals surface area contributed by atoms with Gasteiger partial charge in [-0.25, -0.2) is 0 Å². The zero-order chi connectivity index (χ0) is 13.7. The Kier molecular flexibility index (Phi) is 5.19. The molecule has 2 aliphatic heterocycles. The molecule has 3 rings (SSSR count). The van der Waals surface area contributed by atoms with E-state index in [1.165, 1.54) is 19.8 Å². The molecule has 19 heavy (non-hydrogen) atoms. The molecule has 0 spiro atoms. The molecule has 3 unspecified atom stereocenters. The number of ether oxygens (including phenoxy) is 4. The second kappa shape index (κ2) is 6.68. The molecule has 0 aromatic heterocycles. The van der Waals surface area contributed by atoms with E-state index in [1.807, 2.05) is 0 Å². The van der Waals surface area contributed by atoms with Gasteiger partial charge in [-0.3, -0.25) is 4.79 Å². The van der Waals surface area contributed by atoms with Crippen LogP contribution in [-0.2, 0) is 23.7 Å². The highest BCUT2D eigenvalue weighted by atomic mass is 16.6. The summed E-state index contributed by atoms with van der Waals surface area (Å²) in [6, 6.07) is 0. The lowest BCUT2D eigenvalue weighted by molar-refractivity contribution is -0.255. The molecule has 2 heterocycles. The highest BCUT2D eigenvalue weighted by molar-refractivity contribution is 5.65. The van der Waals surface area contributed by atoms with Gasteiger partial charge in [0.1, 0.15) is 6.61 Å². The first kappa shape index (κ1) is 14.8. The fourth-order valence-corrected chi connectivity index (χ4v) is 2.77. The van der Waals surface area contributed by atoms with Crippen molar-refractivity contribution in [3.05, 3.63) is 0 Å². The van der Waals surface area contributed by atoms with Crippen molar-refractivity contribution in [2.45, 2.75) is 44.8 Å². The fraction of sp³-hybridized carbons (Fsp3) is 0.929. The zero-order valence-electron chi connectivity index (χ0n) is 11.9. The molecule has 3 atom stereocenters. The van der Waals surface area contributed by atoms with Crippen molar-refractivity contribution >= 4 is 5.97 Å². The Morgan fingerprint density at radius 3 is 2.58 bits per heavy atom. The molecule has 2 bridgehead atoms. The van der Waals surface area contributed by atoms with E-state index in [0.717, 1.165) is 13.0 Å². The maximum Gasteiger partial charge on any atom is 0.302 e. The Hall–Kier alpha value is -0.650. The third-order valence-electron chi connectivity index (χ3n) is 3.88. The van der Waals surface area contributed by atoms with E-state index in [0.29, 0.717) is 38.4 Å². The molecule has 0 aromatic rings. The number of carbonyl (C=O) groups is 1. The van der Waals surface area contributed by atoms with Crippen molar-refractivity contribution in [1.82, 2.24) is 0 Å². The topological polar surface area (TPSA) is 54.0 Å². The summed E-state index contributed by atoms with van der Waals surface area (Å²) in [6.07, 6.45) is 3.94. The van der Waals surface area contributed by atoms with Gasteiger partial charge in [0.05, 0.1) is 38.1 Å². The summed E-state index contributed by atoms with van der Waals surface area (Å²) in [4.78, 5) is 10.5.